The van der Waals surface area contributed by atoms with Crippen LogP contribution in [0.2, 0.25) is 0 Å². The molecule has 0 radical (unpaired) electrons. The Morgan fingerprint density at radius 2 is 1.86 bits per heavy atom. The molecule has 1 N–H and O–H groups in total. The highest BCUT2D eigenvalue weighted by atomic mass is 16.3. The summed E-state index contributed by atoms with van der Waals surface area (Å²) in [5.74, 6) is 0. The van der Waals surface area contributed by atoms with Crippen LogP contribution in [0.25, 0.3) is 0 Å². The number of rotatable bonds is 3. The molecule has 2 aromatic rings. The first-order valence-electron chi connectivity index (χ1n) is 7.68. The minimum absolute atomic E-state index is 0.407. The van der Waals surface area contributed by atoms with Gasteiger partial charge in [-0.1, -0.05) is 48.0 Å². The lowest BCUT2D eigenvalue weighted by atomic mass is 9.97. The second-order valence-electron chi connectivity index (χ2n) is 6.13. The van der Waals surface area contributed by atoms with E-state index in [9.17, 15) is 5.11 Å². The molecule has 2 aromatic carbocycles. The molecule has 1 heterocycles. The lowest BCUT2D eigenvalue weighted by Crippen LogP contribution is -2.34. The van der Waals surface area contributed by atoms with Crippen molar-refractivity contribution in [2.24, 2.45) is 0 Å². The van der Waals surface area contributed by atoms with Crippen molar-refractivity contribution in [3.05, 3.63) is 70.3 Å². The smallest absolute Gasteiger partial charge is 0.0919 e. The number of aliphatic hydroxyl groups is 1. The summed E-state index contributed by atoms with van der Waals surface area (Å²) >= 11 is 0. The van der Waals surface area contributed by atoms with Crippen molar-refractivity contribution in [2.75, 3.05) is 13.1 Å². The zero-order chi connectivity index (χ0) is 14.8. The highest BCUT2D eigenvalue weighted by Gasteiger charge is 2.20. The lowest BCUT2D eigenvalue weighted by Gasteiger charge is -2.30. The third kappa shape index (κ3) is 3.17. The Morgan fingerprint density at radius 1 is 1.10 bits per heavy atom. The maximum absolute atomic E-state index is 10.6. The van der Waals surface area contributed by atoms with Crippen molar-refractivity contribution < 1.29 is 5.11 Å². The van der Waals surface area contributed by atoms with Gasteiger partial charge in [0.05, 0.1) is 6.10 Å². The van der Waals surface area contributed by atoms with Gasteiger partial charge in [-0.2, -0.15) is 0 Å². The van der Waals surface area contributed by atoms with Crippen molar-refractivity contribution in [1.29, 1.82) is 0 Å². The van der Waals surface area contributed by atoms with Gasteiger partial charge in [-0.15, -0.1) is 0 Å². The second-order valence-corrected chi connectivity index (χ2v) is 6.13. The molecule has 0 amide bonds. The van der Waals surface area contributed by atoms with Crippen molar-refractivity contribution in [1.82, 2.24) is 4.90 Å². The van der Waals surface area contributed by atoms with E-state index in [1.807, 2.05) is 0 Å². The first-order chi connectivity index (χ1) is 10.1. The Hall–Kier alpha value is -1.64. The normalized spacial score (nSPS) is 16.5. The summed E-state index contributed by atoms with van der Waals surface area (Å²) in [6.45, 7) is 6.83. The van der Waals surface area contributed by atoms with Crippen LogP contribution in [0.4, 0.5) is 0 Å². The molecular weight excluding hydrogens is 258 g/mol. The fourth-order valence-corrected chi connectivity index (χ4v) is 3.17. The Kier molecular flexibility index (Phi) is 4.09. The largest absolute Gasteiger partial charge is 0.387 e. The molecule has 2 nitrogen and oxygen atoms in total. The molecule has 0 saturated carbocycles. The van der Waals surface area contributed by atoms with Gasteiger partial charge in [0.25, 0.3) is 0 Å². The molecule has 1 aliphatic rings. The van der Waals surface area contributed by atoms with Gasteiger partial charge in [-0.25, -0.2) is 0 Å². The van der Waals surface area contributed by atoms with Gasteiger partial charge < -0.3 is 5.11 Å². The van der Waals surface area contributed by atoms with Gasteiger partial charge in [-0.3, -0.25) is 4.90 Å². The van der Waals surface area contributed by atoms with Gasteiger partial charge in [0.1, 0.15) is 0 Å². The molecule has 2 heteroatoms. The van der Waals surface area contributed by atoms with E-state index in [1.54, 1.807) is 0 Å². The van der Waals surface area contributed by atoms with E-state index in [-0.39, 0.29) is 0 Å². The van der Waals surface area contributed by atoms with Gasteiger partial charge >= 0.3 is 0 Å². The number of nitrogens with zero attached hydrogens (tertiary/aromatic N) is 1. The number of hydrogen-bond donors (Lipinski definition) is 1. The number of benzene rings is 2. The van der Waals surface area contributed by atoms with Crippen LogP contribution < -0.4 is 0 Å². The monoisotopic (exact) mass is 281 g/mol. The van der Waals surface area contributed by atoms with Gasteiger partial charge in [0.15, 0.2) is 0 Å². The summed E-state index contributed by atoms with van der Waals surface area (Å²) in [6, 6.07) is 14.9. The molecule has 3 rings (SSSR count). The van der Waals surface area contributed by atoms with Crippen LogP contribution in [0.15, 0.2) is 42.5 Å². The molecule has 0 spiro atoms. The predicted octanol–water partition coefficient (Wildman–Crippen LogP) is 3.40. The first-order valence-corrected chi connectivity index (χ1v) is 7.68. The quantitative estimate of drug-likeness (QED) is 0.932. The lowest BCUT2D eigenvalue weighted by molar-refractivity contribution is 0.105. The summed E-state index contributed by atoms with van der Waals surface area (Å²) in [6.07, 6.45) is 0.672. The van der Waals surface area contributed by atoms with Crippen LogP contribution in [-0.2, 0) is 13.0 Å². The summed E-state index contributed by atoms with van der Waals surface area (Å²) in [5, 5.41) is 10.6. The Labute approximate surface area is 127 Å². The molecule has 0 fully saturated rings. The number of β-amino-alcohol motifs (C(OH)–C–C–N with tert-alkyl or cyclic N) is 1. The van der Waals surface area contributed by atoms with E-state index in [0.717, 1.165) is 25.1 Å². The van der Waals surface area contributed by atoms with Crippen LogP contribution in [0.5, 0.6) is 0 Å². The van der Waals surface area contributed by atoms with E-state index in [0.29, 0.717) is 6.54 Å². The molecule has 0 saturated heterocycles. The van der Waals surface area contributed by atoms with Gasteiger partial charge in [-0.05, 0) is 42.5 Å². The Bertz CT molecular complexity index is 635. The van der Waals surface area contributed by atoms with E-state index in [1.165, 1.54) is 22.3 Å². The maximum atomic E-state index is 10.6. The molecule has 110 valence electrons. The predicted molar refractivity (Wildman–Crippen MR) is 86.3 cm³/mol. The summed E-state index contributed by atoms with van der Waals surface area (Å²) in [7, 11) is 0. The molecule has 0 aromatic heterocycles. The fourth-order valence-electron chi connectivity index (χ4n) is 3.17. The second kappa shape index (κ2) is 6.00. The number of hydrogen-bond acceptors (Lipinski definition) is 2. The van der Waals surface area contributed by atoms with E-state index >= 15 is 0 Å². The highest BCUT2D eigenvalue weighted by molar-refractivity contribution is 5.33. The Balaban J connectivity index is 1.71. The van der Waals surface area contributed by atoms with Crippen LogP contribution in [0, 0.1) is 13.8 Å². The molecule has 0 aliphatic carbocycles. The average molecular weight is 281 g/mol. The molecular formula is C19H23NO. The third-order valence-electron chi connectivity index (χ3n) is 4.43. The van der Waals surface area contributed by atoms with E-state index in [4.69, 9.17) is 0 Å². The van der Waals surface area contributed by atoms with E-state index in [2.05, 4.69) is 61.2 Å². The zero-order valence-corrected chi connectivity index (χ0v) is 12.8. The van der Waals surface area contributed by atoms with Crippen LogP contribution >= 0.6 is 0 Å². The molecule has 1 atom stereocenters. The van der Waals surface area contributed by atoms with Crippen LogP contribution in [0.1, 0.15) is 33.9 Å². The average Bonchev–Trinajstić information content (AvgIpc) is 2.49. The Morgan fingerprint density at radius 3 is 2.67 bits per heavy atom. The summed E-state index contributed by atoms with van der Waals surface area (Å²) in [5.41, 5.74) is 6.30. The number of fused-ring (bicyclic) bond motifs is 1. The zero-order valence-electron chi connectivity index (χ0n) is 12.8. The number of aryl methyl sites for hydroxylation is 2. The standard InChI is InChI=1S/C19H23NO/c1-14-7-8-15(2)18(11-14)19(21)13-20-10-9-16-5-3-4-6-17(16)12-20/h3-8,11,19,21H,9-10,12-13H2,1-2H3. The summed E-state index contributed by atoms with van der Waals surface area (Å²) < 4.78 is 0. The fraction of sp³-hybridized carbons (Fsp3) is 0.368. The van der Waals surface area contributed by atoms with E-state index < -0.39 is 6.10 Å². The first kappa shape index (κ1) is 14.3. The van der Waals surface area contributed by atoms with Crippen molar-refractivity contribution in [3.63, 3.8) is 0 Å². The minimum Gasteiger partial charge on any atom is -0.387 e. The molecule has 1 aliphatic heterocycles. The maximum Gasteiger partial charge on any atom is 0.0919 e. The van der Waals surface area contributed by atoms with Gasteiger partial charge in [0.2, 0.25) is 0 Å². The topological polar surface area (TPSA) is 23.5 Å². The van der Waals surface area contributed by atoms with Crippen molar-refractivity contribution >= 4 is 0 Å². The van der Waals surface area contributed by atoms with Crippen LogP contribution in [0.3, 0.4) is 0 Å². The molecule has 21 heavy (non-hydrogen) atoms. The third-order valence-corrected chi connectivity index (χ3v) is 4.43. The van der Waals surface area contributed by atoms with Crippen LogP contribution in [-0.4, -0.2) is 23.1 Å². The van der Waals surface area contributed by atoms with Crippen molar-refractivity contribution in [3.8, 4) is 0 Å². The highest BCUT2D eigenvalue weighted by Crippen LogP contribution is 2.24. The summed E-state index contributed by atoms with van der Waals surface area (Å²) in [4.78, 5) is 2.36. The number of aliphatic hydroxyl groups excluding tert-OH is 1. The minimum atomic E-state index is -0.407. The molecule has 0 bridgehead atoms. The van der Waals surface area contributed by atoms with Gasteiger partial charge in [0, 0.05) is 19.6 Å². The molecule has 1 unspecified atom stereocenters. The SMILES string of the molecule is Cc1ccc(C)c(C(O)CN2CCc3ccccc3C2)c1. The van der Waals surface area contributed by atoms with Crippen molar-refractivity contribution in [2.45, 2.75) is 32.9 Å².